The summed E-state index contributed by atoms with van der Waals surface area (Å²) in [6, 6.07) is 5.54. The highest BCUT2D eigenvalue weighted by Gasteiger charge is 2.33. The number of carbonyl (C=O) groups excluding carboxylic acids is 1. The highest BCUT2D eigenvalue weighted by molar-refractivity contribution is 7.90. The molecule has 1 aromatic carbocycles. The largest absolute Gasteiger partial charge is 0.444 e. The third kappa shape index (κ3) is 5.57. The fraction of sp³-hybridized carbons (Fsp3) is 0.650. The van der Waals surface area contributed by atoms with Gasteiger partial charge < -0.3 is 9.64 Å². The van der Waals surface area contributed by atoms with Gasteiger partial charge in [0.05, 0.1) is 9.79 Å². The number of rotatable bonds is 4. The monoisotopic (exact) mass is 473 g/mol. The predicted molar refractivity (Wildman–Crippen MR) is 116 cm³/mol. The molecule has 1 aromatic rings. The number of ether oxygens (including phenoxy) is 1. The lowest BCUT2D eigenvalue weighted by atomic mass is 10.2. The molecule has 9 nitrogen and oxygen atoms in total. The highest BCUT2D eigenvalue weighted by atomic mass is 32.2. The number of amides is 1. The van der Waals surface area contributed by atoms with E-state index in [9.17, 15) is 21.6 Å². The predicted octanol–water partition coefficient (Wildman–Crippen LogP) is 2.10. The summed E-state index contributed by atoms with van der Waals surface area (Å²) in [6.45, 7) is 6.87. The van der Waals surface area contributed by atoms with Crippen LogP contribution in [0.5, 0.6) is 0 Å². The van der Waals surface area contributed by atoms with Gasteiger partial charge in [-0.05, 0) is 51.8 Å². The van der Waals surface area contributed by atoms with Crippen molar-refractivity contribution in [1.82, 2.24) is 13.5 Å². The SMILES string of the molecule is CC(C)(C)OC(=O)N1CCN(S(=O)(=O)c2cccc(S(=O)(=O)N3CCCCC3)c2)CC1. The molecule has 0 atom stereocenters. The van der Waals surface area contributed by atoms with Gasteiger partial charge in [-0.1, -0.05) is 12.5 Å². The molecule has 31 heavy (non-hydrogen) atoms. The smallest absolute Gasteiger partial charge is 0.410 e. The van der Waals surface area contributed by atoms with Crippen molar-refractivity contribution in [2.75, 3.05) is 39.3 Å². The third-order valence-electron chi connectivity index (χ3n) is 5.29. The topological polar surface area (TPSA) is 104 Å². The molecule has 0 bridgehead atoms. The molecule has 3 rings (SSSR count). The molecule has 0 saturated carbocycles. The minimum atomic E-state index is -3.89. The van der Waals surface area contributed by atoms with Crippen LogP contribution in [0.2, 0.25) is 0 Å². The van der Waals surface area contributed by atoms with Crippen molar-refractivity contribution in [2.24, 2.45) is 0 Å². The Morgan fingerprint density at radius 3 is 1.77 bits per heavy atom. The van der Waals surface area contributed by atoms with Gasteiger partial charge in [-0.3, -0.25) is 0 Å². The molecule has 174 valence electrons. The molecule has 0 aliphatic carbocycles. The lowest BCUT2D eigenvalue weighted by molar-refractivity contribution is 0.0192. The summed E-state index contributed by atoms with van der Waals surface area (Å²) in [5, 5.41) is 0. The van der Waals surface area contributed by atoms with Crippen molar-refractivity contribution in [3.05, 3.63) is 24.3 Å². The van der Waals surface area contributed by atoms with Crippen LogP contribution in [0.4, 0.5) is 4.79 Å². The first kappa shape index (κ1) is 24.0. The van der Waals surface area contributed by atoms with E-state index in [1.54, 1.807) is 20.8 Å². The number of sulfonamides is 2. The van der Waals surface area contributed by atoms with Crippen LogP contribution in [0.25, 0.3) is 0 Å². The lowest BCUT2D eigenvalue weighted by Gasteiger charge is -2.35. The van der Waals surface area contributed by atoms with Crippen LogP contribution in [0.15, 0.2) is 34.1 Å². The normalized spacial score (nSPS) is 19.9. The van der Waals surface area contributed by atoms with Crippen LogP contribution >= 0.6 is 0 Å². The Bertz CT molecular complexity index is 1000. The van der Waals surface area contributed by atoms with Crippen LogP contribution in [0, 0.1) is 0 Å². The van der Waals surface area contributed by atoms with E-state index < -0.39 is 31.7 Å². The van der Waals surface area contributed by atoms with Crippen molar-refractivity contribution >= 4 is 26.1 Å². The first-order valence-electron chi connectivity index (χ1n) is 10.5. The molecule has 0 aromatic heterocycles. The average Bonchev–Trinajstić information content (AvgIpc) is 2.73. The highest BCUT2D eigenvalue weighted by Crippen LogP contribution is 2.25. The zero-order chi connectivity index (χ0) is 22.9. The fourth-order valence-electron chi connectivity index (χ4n) is 3.64. The van der Waals surface area contributed by atoms with Crippen molar-refractivity contribution in [1.29, 1.82) is 0 Å². The van der Waals surface area contributed by atoms with Gasteiger partial charge in [0.25, 0.3) is 0 Å². The minimum absolute atomic E-state index is 0.0112. The van der Waals surface area contributed by atoms with Gasteiger partial charge in [-0.2, -0.15) is 8.61 Å². The van der Waals surface area contributed by atoms with Gasteiger partial charge in [0.15, 0.2) is 0 Å². The number of benzene rings is 1. The van der Waals surface area contributed by atoms with E-state index in [1.807, 2.05) is 0 Å². The Hall–Kier alpha value is -1.69. The molecular weight excluding hydrogens is 442 g/mol. The summed E-state index contributed by atoms with van der Waals surface area (Å²) in [5.74, 6) is 0. The van der Waals surface area contributed by atoms with Gasteiger partial charge >= 0.3 is 6.09 Å². The van der Waals surface area contributed by atoms with E-state index in [1.165, 1.54) is 37.8 Å². The van der Waals surface area contributed by atoms with Gasteiger partial charge in [0.1, 0.15) is 5.60 Å². The van der Waals surface area contributed by atoms with Gasteiger partial charge in [0.2, 0.25) is 20.0 Å². The molecule has 1 amide bonds. The maximum absolute atomic E-state index is 13.1. The average molecular weight is 474 g/mol. The number of hydrogen-bond acceptors (Lipinski definition) is 6. The maximum Gasteiger partial charge on any atom is 0.410 e. The Morgan fingerprint density at radius 2 is 1.29 bits per heavy atom. The summed E-state index contributed by atoms with van der Waals surface area (Å²) >= 11 is 0. The Morgan fingerprint density at radius 1 is 0.806 bits per heavy atom. The van der Waals surface area contributed by atoms with Gasteiger partial charge in [-0.25, -0.2) is 21.6 Å². The van der Waals surface area contributed by atoms with Crippen molar-refractivity contribution in [3.8, 4) is 0 Å². The molecule has 2 saturated heterocycles. The number of hydrogen-bond donors (Lipinski definition) is 0. The van der Waals surface area contributed by atoms with Crippen LogP contribution < -0.4 is 0 Å². The summed E-state index contributed by atoms with van der Waals surface area (Å²) in [6.07, 6.45) is 2.13. The second kappa shape index (κ2) is 9.05. The second-order valence-electron chi connectivity index (χ2n) is 8.81. The molecular formula is C20H31N3O6S2. The van der Waals surface area contributed by atoms with E-state index in [4.69, 9.17) is 4.74 Å². The summed E-state index contributed by atoms with van der Waals surface area (Å²) in [7, 11) is -7.62. The van der Waals surface area contributed by atoms with Gasteiger partial charge in [0, 0.05) is 39.3 Å². The summed E-state index contributed by atoms with van der Waals surface area (Å²) in [4.78, 5) is 13.6. The second-order valence-corrected chi connectivity index (χ2v) is 12.7. The van der Waals surface area contributed by atoms with Crippen LogP contribution in [0.3, 0.4) is 0 Å². The van der Waals surface area contributed by atoms with E-state index >= 15 is 0 Å². The van der Waals surface area contributed by atoms with Crippen LogP contribution in [-0.4, -0.2) is 81.3 Å². The minimum Gasteiger partial charge on any atom is -0.444 e. The number of carbonyl (C=O) groups is 1. The Kier molecular flexibility index (Phi) is 6.99. The molecule has 11 heteroatoms. The lowest BCUT2D eigenvalue weighted by Crippen LogP contribution is -2.51. The van der Waals surface area contributed by atoms with Gasteiger partial charge in [-0.15, -0.1) is 0 Å². The third-order valence-corrected chi connectivity index (χ3v) is 9.08. The molecule has 0 spiro atoms. The molecule has 0 N–H and O–H groups in total. The quantitative estimate of drug-likeness (QED) is 0.663. The van der Waals surface area contributed by atoms with E-state index in [0.29, 0.717) is 13.1 Å². The zero-order valence-corrected chi connectivity index (χ0v) is 19.9. The van der Waals surface area contributed by atoms with Crippen molar-refractivity contribution in [3.63, 3.8) is 0 Å². The molecule has 0 unspecified atom stereocenters. The van der Waals surface area contributed by atoms with Crippen molar-refractivity contribution < 1.29 is 26.4 Å². The molecule has 0 radical (unpaired) electrons. The first-order chi connectivity index (χ1) is 14.4. The van der Waals surface area contributed by atoms with E-state index in [-0.39, 0.29) is 36.0 Å². The Labute approximate surface area is 185 Å². The Balaban J connectivity index is 1.73. The number of piperidine rings is 1. The number of piperazine rings is 1. The number of nitrogens with zero attached hydrogens (tertiary/aromatic N) is 3. The molecule has 2 aliphatic heterocycles. The summed E-state index contributed by atoms with van der Waals surface area (Å²) in [5.41, 5.74) is -0.624. The van der Waals surface area contributed by atoms with Crippen molar-refractivity contribution in [2.45, 2.75) is 55.4 Å². The first-order valence-corrected chi connectivity index (χ1v) is 13.4. The van der Waals surface area contributed by atoms with E-state index in [0.717, 1.165) is 19.3 Å². The van der Waals surface area contributed by atoms with Crippen LogP contribution in [0.1, 0.15) is 40.0 Å². The van der Waals surface area contributed by atoms with E-state index in [2.05, 4.69) is 0 Å². The molecule has 2 fully saturated rings. The van der Waals surface area contributed by atoms with Crippen LogP contribution in [-0.2, 0) is 24.8 Å². The molecule has 2 aliphatic rings. The fourth-order valence-corrected chi connectivity index (χ4v) is 6.74. The standard InChI is InChI=1S/C20H31N3O6S2/c1-20(2,3)29-19(24)21-12-14-23(15-13-21)31(27,28)18-9-7-8-17(16-18)30(25,26)22-10-5-4-6-11-22/h7-9,16H,4-6,10-15H2,1-3H3. The molecule has 2 heterocycles. The summed E-state index contributed by atoms with van der Waals surface area (Å²) < 4.78 is 60.2. The maximum atomic E-state index is 13.1. The zero-order valence-electron chi connectivity index (χ0n) is 18.3.